The van der Waals surface area contributed by atoms with Crippen molar-refractivity contribution in [1.82, 2.24) is 4.90 Å². The lowest BCUT2D eigenvalue weighted by molar-refractivity contribution is 0.0406. The summed E-state index contributed by atoms with van der Waals surface area (Å²) in [5, 5.41) is 19.9. The average molecular weight is 339 g/mol. The molecule has 1 fully saturated rings. The summed E-state index contributed by atoms with van der Waals surface area (Å²) in [6.45, 7) is 6.78. The zero-order valence-corrected chi connectivity index (χ0v) is 15.2. The first-order valence-corrected chi connectivity index (χ1v) is 9.12. The molecule has 2 N–H and O–H groups in total. The van der Waals surface area contributed by atoms with Crippen LogP contribution in [-0.4, -0.2) is 40.9 Å². The standard InChI is InChI=1S/C22H29NO2/c1-22(2)11-6-9-18(10-12-22)19-14-23(15-20(19)21(25)16-24)13-17-7-4-3-5-8-17/h3-12,19-21,24-25H,13-16H2,1-2H3. The Balaban J connectivity index is 1.79. The van der Waals surface area contributed by atoms with E-state index in [1.807, 2.05) is 6.07 Å². The van der Waals surface area contributed by atoms with Crippen molar-refractivity contribution in [2.24, 2.45) is 17.3 Å². The van der Waals surface area contributed by atoms with E-state index >= 15 is 0 Å². The summed E-state index contributed by atoms with van der Waals surface area (Å²) in [7, 11) is 0. The first kappa shape index (κ1) is 18.1. The third kappa shape index (κ3) is 4.49. The maximum Gasteiger partial charge on any atom is 0.0817 e. The van der Waals surface area contributed by atoms with E-state index in [9.17, 15) is 10.2 Å². The fourth-order valence-corrected chi connectivity index (χ4v) is 3.84. The van der Waals surface area contributed by atoms with E-state index in [1.165, 1.54) is 11.1 Å². The smallest absolute Gasteiger partial charge is 0.0817 e. The number of aliphatic hydroxyl groups excluding tert-OH is 2. The van der Waals surface area contributed by atoms with E-state index in [0.717, 1.165) is 19.6 Å². The van der Waals surface area contributed by atoms with Gasteiger partial charge in [-0.1, -0.05) is 74.6 Å². The van der Waals surface area contributed by atoms with Gasteiger partial charge in [-0.05, 0) is 11.1 Å². The number of hydrogen-bond acceptors (Lipinski definition) is 3. The summed E-state index contributed by atoms with van der Waals surface area (Å²) in [5.41, 5.74) is 2.58. The third-order valence-corrected chi connectivity index (χ3v) is 5.32. The van der Waals surface area contributed by atoms with Crippen molar-refractivity contribution in [2.45, 2.75) is 26.5 Å². The monoisotopic (exact) mass is 339 g/mol. The average Bonchev–Trinajstić information content (AvgIpc) is 2.92. The Morgan fingerprint density at radius 1 is 1.16 bits per heavy atom. The van der Waals surface area contributed by atoms with Gasteiger partial charge in [0.05, 0.1) is 12.7 Å². The lowest BCUT2D eigenvalue weighted by Crippen LogP contribution is -2.31. The first-order chi connectivity index (χ1) is 12.0. The Kier molecular flexibility index (Phi) is 5.57. The predicted octanol–water partition coefficient (Wildman–Crippen LogP) is 3.17. The molecule has 0 spiro atoms. The molecule has 3 unspecified atom stereocenters. The fraction of sp³-hybridized carbons (Fsp3) is 0.455. The zero-order chi connectivity index (χ0) is 17.9. The molecule has 1 aliphatic heterocycles. The molecule has 0 aromatic heterocycles. The molecule has 134 valence electrons. The highest BCUT2D eigenvalue weighted by atomic mass is 16.3. The maximum atomic E-state index is 10.4. The summed E-state index contributed by atoms with van der Waals surface area (Å²) >= 11 is 0. The van der Waals surface area contributed by atoms with Crippen LogP contribution in [0.1, 0.15) is 19.4 Å². The van der Waals surface area contributed by atoms with Gasteiger partial charge >= 0.3 is 0 Å². The van der Waals surface area contributed by atoms with Crippen molar-refractivity contribution in [2.75, 3.05) is 19.7 Å². The van der Waals surface area contributed by atoms with E-state index in [4.69, 9.17) is 0 Å². The number of allylic oxidation sites excluding steroid dienone is 5. The maximum absolute atomic E-state index is 10.4. The summed E-state index contributed by atoms with van der Waals surface area (Å²) in [6.07, 6.45) is 10.2. The SMILES string of the molecule is CC1(C)C=CC=C(C2CN(Cc3ccccc3)CC2C(O)CO)C=C1. The van der Waals surface area contributed by atoms with Gasteiger partial charge in [0.15, 0.2) is 0 Å². The van der Waals surface area contributed by atoms with Crippen LogP contribution >= 0.6 is 0 Å². The zero-order valence-electron chi connectivity index (χ0n) is 15.2. The Bertz CT molecular complexity index is 660. The highest BCUT2D eigenvalue weighted by Gasteiger charge is 2.38. The van der Waals surface area contributed by atoms with Crippen LogP contribution in [0.15, 0.2) is 66.3 Å². The normalized spacial score (nSPS) is 27.1. The van der Waals surface area contributed by atoms with Crippen LogP contribution in [0.25, 0.3) is 0 Å². The fourth-order valence-electron chi connectivity index (χ4n) is 3.84. The van der Waals surface area contributed by atoms with Crippen LogP contribution in [-0.2, 0) is 6.54 Å². The van der Waals surface area contributed by atoms with Gasteiger partial charge in [-0.2, -0.15) is 0 Å². The number of nitrogens with zero attached hydrogens (tertiary/aromatic N) is 1. The molecule has 1 aromatic rings. The van der Waals surface area contributed by atoms with Crippen LogP contribution in [0.3, 0.4) is 0 Å². The van der Waals surface area contributed by atoms with Crippen LogP contribution in [0.5, 0.6) is 0 Å². The molecule has 1 aliphatic carbocycles. The molecule has 0 radical (unpaired) electrons. The molecule has 3 rings (SSSR count). The number of rotatable bonds is 5. The quantitative estimate of drug-likeness (QED) is 0.866. The molecular formula is C22H29NO2. The summed E-state index contributed by atoms with van der Waals surface area (Å²) in [4.78, 5) is 2.39. The van der Waals surface area contributed by atoms with Gasteiger partial charge in [-0.3, -0.25) is 4.90 Å². The Hall–Kier alpha value is -1.68. The van der Waals surface area contributed by atoms with Gasteiger partial charge in [0.1, 0.15) is 0 Å². The Morgan fingerprint density at radius 3 is 2.64 bits per heavy atom. The largest absolute Gasteiger partial charge is 0.394 e. The predicted molar refractivity (Wildman–Crippen MR) is 102 cm³/mol. The number of aliphatic hydroxyl groups is 2. The van der Waals surface area contributed by atoms with Crippen LogP contribution in [0.2, 0.25) is 0 Å². The minimum atomic E-state index is -0.680. The van der Waals surface area contributed by atoms with Crippen LogP contribution in [0.4, 0.5) is 0 Å². The molecule has 3 atom stereocenters. The molecular weight excluding hydrogens is 310 g/mol. The van der Waals surface area contributed by atoms with Crippen molar-refractivity contribution in [3.8, 4) is 0 Å². The van der Waals surface area contributed by atoms with E-state index in [1.54, 1.807) is 0 Å². The second kappa shape index (κ2) is 7.69. The molecule has 3 nitrogen and oxygen atoms in total. The lowest BCUT2D eigenvalue weighted by Gasteiger charge is -2.23. The third-order valence-electron chi connectivity index (χ3n) is 5.32. The van der Waals surface area contributed by atoms with Gasteiger partial charge in [-0.25, -0.2) is 0 Å². The Labute approximate surface area is 151 Å². The first-order valence-electron chi connectivity index (χ1n) is 9.12. The van der Waals surface area contributed by atoms with Crippen molar-refractivity contribution in [1.29, 1.82) is 0 Å². The number of hydrogen-bond donors (Lipinski definition) is 2. The molecule has 1 aromatic carbocycles. The van der Waals surface area contributed by atoms with Gasteiger partial charge < -0.3 is 10.2 Å². The molecule has 0 saturated carbocycles. The number of likely N-dealkylation sites (tertiary alicyclic amines) is 1. The topological polar surface area (TPSA) is 43.7 Å². The Morgan fingerprint density at radius 2 is 1.92 bits per heavy atom. The van der Waals surface area contributed by atoms with Crippen LogP contribution < -0.4 is 0 Å². The molecule has 0 bridgehead atoms. The second-order valence-corrected chi connectivity index (χ2v) is 7.88. The van der Waals surface area contributed by atoms with E-state index in [0.29, 0.717) is 0 Å². The number of benzene rings is 1. The van der Waals surface area contributed by atoms with Gasteiger partial charge in [0.25, 0.3) is 0 Å². The van der Waals surface area contributed by atoms with Crippen molar-refractivity contribution < 1.29 is 10.2 Å². The molecule has 0 amide bonds. The molecule has 1 saturated heterocycles. The van der Waals surface area contributed by atoms with E-state index in [-0.39, 0.29) is 23.9 Å². The van der Waals surface area contributed by atoms with E-state index in [2.05, 4.69) is 73.4 Å². The molecule has 3 heteroatoms. The molecule has 2 aliphatic rings. The van der Waals surface area contributed by atoms with E-state index < -0.39 is 6.10 Å². The molecule has 1 heterocycles. The second-order valence-electron chi connectivity index (χ2n) is 7.88. The highest BCUT2D eigenvalue weighted by Crippen LogP contribution is 2.35. The summed E-state index contributed by atoms with van der Waals surface area (Å²) in [6, 6.07) is 10.4. The van der Waals surface area contributed by atoms with Crippen molar-refractivity contribution in [3.05, 3.63) is 71.8 Å². The summed E-state index contributed by atoms with van der Waals surface area (Å²) < 4.78 is 0. The minimum absolute atomic E-state index is 0.0473. The minimum Gasteiger partial charge on any atom is -0.394 e. The van der Waals surface area contributed by atoms with Gasteiger partial charge in [-0.15, -0.1) is 0 Å². The highest BCUT2D eigenvalue weighted by molar-refractivity contribution is 5.34. The van der Waals surface area contributed by atoms with Crippen molar-refractivity contribution in [3.63, 3.8) is 0 Å². The van der Waals surface area contributed by atoms with Crippen LogP contribution in [0, 0.1) is 17.3 Å². The van der Waals surface area contributed by atoms with Gasteiger partial charge in [0.2, 0.25) is 0 Å². The molecule has 25 heavy (non-hydrogen) atoms. The lowest BCUT2D eigenvalue weighted by atomic mass is 9.84. The van der Waals surface area contributed by atoms with Gasteiger partial charge in [0, 0.05) is 36.9 Å². The van der Waals surface area contributed by atoms with Crippen molar-refractivity contribution >= 4 is 0 Å². The summed E-state index contributed by atoms with van der Waals surface area (Å²) in [5.74, 6) is 0.292.